The Morgan fingerprint density at radius 2 is 1.68 bits per heavy atom. The van der Waals surface area contributed by atoms with E-state index in [9.17, 15) is 9.59 Å². The molecule has 0 bridgehead atoms. The molecule has 4 rings (SSSR count). The van der Waals surface area contributed by atoms with E-state index in [4.69, 9.17) is 8.94 Å². The largest absolute Gasteiger partial charge is 0.450 e. The molecule has 0 unspecified atom stereocenters. The van der Waals surface area contributed by atoms with Gasteiger partial charge in [0, 0.05) is 10.9 Å². The van der Waals surface area contributed by atoms with Crippen molar-refractivity contribution in [3.05, 3.63) is 82.4 Å². The van der Waals surface area contributed by atoms with Crippen LogP contribution in [-0.2, 0) is 0 Å². The Morgan fingerprint density at radius 1 is 0.964 bits per heavy atom. The number of anilines is 1. The van der Waals surface area contributed by atoms with Crippen LogP contribution in [0.2, 0.25) is 0 Å². The van der Waals surface area contributed by atoms with Gasteiger partial charge in [0.1, 0.15) is 16.9 Å². The number of rotatable bonds is 4. The van der Waals surface area contributed by atoms with E-state index in [-0.39, 0.29) is 11.5 Å². The Labute approximate surface area is 161 Å². The third kappa shape index (κ3) is 2.99. The summed E-state index contributed by atoms with van der Waals surface area (Å²) < 4.78 is 10.9. The lowest BCUT2D eigenvalue weighted by molar-refractivity contribution is 0.101. The Balaban J connectivity index is 1.80. The van der Waals surface area contributed by atoms with Gasteiger partial charge in [0.05, 0.1) is 11.4 Å². The number of nitrogens with one attached hydrogen (secondary N) is 1. The molecule has 0 spiro atoms. The summed E-state index contributed by atoms with van der Waals surface area (Å²) in [7, 11) is 0. The van der Waals surface area contributed by atoms with Crippen LogP contribution in [-0.4, -0.2) is 16.8 Å². The van der Waals surface area contributed by atoms with Crippen LogP contribution in [0.25, 0.3) is 11.0 Å². The van der Waals surface area contributed by atoms with E-state index >= 15 is 0 Å². The first-order chi connectivity index (χ1) is 13.5. The fourth-order valence-corrected chi connectivity index (χ4v) is 3.15. The number of carbonyl (C=O) groups is 2. The molecule has 1 N–H and O–H groups in total. The topological polar surface area (TPSA) is 85.3 Å². The molecule has 6 heteroatoms. The van der Waals surface area contributed by atoms with Crippen LogP contribution < -0.4 is 5.32 Å². The summed E-state index contributed by atoms with van der Waals surface area (Å²) in [5, 5.41) is 7.29. The second-order valence-corrected chi connectivity index (χ2v) is 6.65. The fourth-order valence-electron chi connectivity index (χ4n) is 3.15. The number of furan rings is 1. The molecule has 0 fully saturated rings. The van der Waals surface area contributed by atoms with Crippen molar-refractivity contribution < 1.29 is 18.5 Å². The van der Waals surface area contributed by atoms with Crippen molar-refractivity contribution in [2.45, 2.75) is 20.8 Å². The predicted molar refractivity (Wildman–Crippen MR) is 105 cm³/mol. The molecule has 1 amide bonds. The number of hydrogen-bond acceptors (Lipinski definition) is 5. The first kappa shape index (κ1) is 17.7. The molecule has 0 saturated carbocycles. The quantitative estimate of drug-likeness (QED) is 0.517. The molecule has 0 radical (unpaired) electrons. The number of aromatic nitrogens is 1. The molecule has 2 aromatic carbocycles. The van der Waals surface area contributed by atoms with Gasteiger partial charge in [0.25, 0.3) is 5.91 Å². The minimum atomic E-state index is -0.402. The smallest absolute Gasteiger partial charge is 0.261 e. The van der Waals surface area contributed by atoms with Crippen molar-refractivity contribution in [3.8, 4) is 0 Å². The summed E-state index contributed by atoms with van der Waals surface area (Å²) in [5.74, 6) is -0.203. The number of amides is 1. The van der Waals surface area contributed by atoms with Crippen LogP contribution in [0.1, 0.15) is 43.5 Å². The van der Waals surface area contributed by atoms with Crippen molar-refractivity contribution in [1.29, 1.82) is 0 Å². The zero-order valence-corrected chi connectivity index (χ0v) is 15.7. The second-order valence-electron chi connectivity index (χ2n) is 6.65. The Hall–Kier alpha value is -3.67. The Kier molecular flexibility index (Phi) is 4.31. The van der Waals surface area contributed by atoms with Gasteiger partial charge < -0.3 is 14.3 Å². The summed E-state index contributed by atoms with van der Waals surface area (Å²) in [4.78, 5) is 25.9. The number of nitrogens with zero attached hydrogens (tertiary/aromatic N) is 1. The maximum atomic E-state index is 13.1. The van der Waals surface area contributed by atoms with Gasteiger partial charge in [-0.05, 0) is 32.9 Å². The normalized spacial score (nSPS) is 11.0. The number of benzene rings is 2. The number of fused-ring (bicyclic) bond motifs is 1. The van der Waals surface area contributed by atoms with Gasteiger partial charge in [-0.1, -0.05) is 47.1 Å². The van der Waals surface area contributed by atoms with Crippen molar-refractivity contribution in [3.63, 3.8) is 0 Å². The summed E-state index contributed by atoms with van der Waals surface area (Å²) in [6, 6.07) is 14.4. The van der Waals surface area contributed by atoms with E-state index in [2.05, 4.69) is 10.5 Å². The lowest BCUT2D eigenvalue weighted by atomic mass is 10.1. The minimum absolute atomic E-state index is 0.0881. The zero-order valence-electron chi connectivity index (χ0n) is 15.7. The molecule has 140 valence electrons. The lowest BCUT2D eigenvalue weighted by Gasteiger charge is -2.06. The van der Waals surface area contributed by atoms with E-state index in [0.717, 1.165) is 5.56 Å². The molecule has 0 atom stereocenters. The van der Waals surface area contributed by atoms with Crippen LogP contribution in [0.15, 0.2) is 57.5 Å². The highest BCUT2D eigenvalue weighted by Crippen LogP contribution is 2.33. The highest BCUT2D eigenvalue weighted by molar-refractivity contribution is 6.19. The molecular weight excluding hydrogens is 356 g/mol. The third-order valence-corrected chi connectivity index (χ3v) is 4.61. The minimum Gasteiger partial charge on any atom is -0.450 e. The fraction of sp³-hybridized carbons (Fsp3) is 0.136. The van der Waals surface area contributed by atoms with E-state index in [0.29, 0.717) is 39.2 Å². The van der Waals surface area contributed by atoms with Crippen LogP contribution in [0.4, 0.5) is 5.69 Å². The monoisotopic (exact) mass is 374 g/mol. The second kappa shape index (κ2) is 6.81. The number of para-hydroxylation sites is 1. The molecule has 0 saturated heterocycles. The number of carbonyl (C=O) groups excluding carboxylic acids is 2. The Bertz CT molecular complexity index is 1180. The van der Waals surface area contributed by atoms with E-state index in [1.165, 1.54) is 0 Å². The molecule has 28 heavy (non-hydrogen) atoms. The standard InChI is InChI=1S/C22H18N2O4/c1-12-8-10-15(11-9-12)20(25)21-19(16-6-4-5-7-17(16)27-21)23-22(26)18-13(2)24-28-14(18)3/h4-11H,1-3H3,(H,23,26). The highest BCUT2D eigenvalue weighted by Gasteiger charge is 2.25. The summed E-state index contributed by atoms with van der Waals surface area (Å²) in [5.41, 5.74) is 3.22. The van der Waals surface area contributed by atoms with Crippen molar-refractivity contribution in [2.24, 2.45) is 0 Å². The Morgan fingerprint density at radius 3 is 2.36 bits per heavy atom. The molecule has 2 aromatic heterocycles. The van der Waals surface area contributed by atoms with Crippen LogP contribution in [0.5, 0.6) is 0 Å². The van der Waals surface area contributed by atoms with E-state index in [1.54, 1.807) is 38.1 Å². The van der Waals surface area contributed by atoms with E-state index in [1.807, 2.05) is 31.2 Å². The van der Waals surface area contributed by atoms with Crippen molar-refractivity contribution in [2.75, 3.05) is 5.32 Å². The number of hydrogen-bond donors (Lipinski definition) is 1. The molecule has 2 heterocycles. The zero-order chi connectivity index (χ0) is 19.8. The lowest BCUT2D eigenvalue weighted by Crippen LogP contribution is -2.15. The van der Waals surface area contributed by atoms with Crippen LogP contribution >= 0.6 is 0 Å². The van der Waals surface area contributed by atoms with Gasteiger partial charge in [-0.15, -0.1) is 0 Å². The third-order valence-electron chi connectivity index (χ3n) is 4.61. The molecule has 0 aliphatic carbocycles. The van der Waals surface area contributed by atoms with Crippen molar-refractivity contribution >= 4 is 28.3 Å². The van der Waals surface area contributed by atoms with Crippen molar-refractivity contribution in [1.82, 2.24) is 5.16 Å². The summed E-state index contributed by atoms with van der Waals surface area (Å²) >= 11 is 0. The maximum Gasteiger partial charge on any atom is 0.261 e. The van der Waals surface area contributed by atoms with Gasteiger partial charge in [-0.3, -0.25) is 9.59 Å². The molecule has 0 aliphatic rings. The summed E-state index contributed by atoms with van der Waals surface area (Å²) in [6.45, 7) is 5.31. The van der Waals surface area contributed by atoms with Gasteiger partial charge >= 0.3 is 0 Å². The molecule has 6 nitrogen and oxygen atoms in total. The molecular formula is C22H18N2O4. The van der Waals surface area contributed by atoms with Gasteiger partial charge in [0.2, 0.25) is 5.78 Å². The van der Waals surface area contributed by atoms with Gasteiger partial charge in [-0.2, -0.15) is 0 Å². The highest BCUT2D eigenvalue weighted by atomic mass is 16.5. The molecule has 0 aliphatic heterocycles. The maximum absolute atomic E-state index is 13.1. The SMILES string of the molecule is Cc1ccc(C(=O)c2oc3ccccc3c2NC(=O)c2c(C)noc2C)cc1. The first-order valence-corrected chi connectivity index (χ1v) is 8.83. The van der Waals surface area contributed by atoms with Crippen LogP contribution in [0, 0.1) is 20.8 Å². The first-order valence-electron chi connectivity index (χ1n) is 8.83. The average Bonchev–Trinajstić information content (AvgIpc) is 3.22. The van der Waals surface area contributed by atoms with Gasteiger partial charge in [-0.25, -0.2) is 0 Å². The van der Waals surface area contributed by atoms with Gasteiger partial charge in [0.15, 0.2) is 5.76 Å². The average molecular weight is 374 g/mol. The predicted octanol–water partition coefficient (Wildman–Crippen LogP) is 4.83. The number of aryl methyl sites for hydroxylation is 3. The summed E-state index contributed by atoms with van der Waals surface area (Å²) in [6.07, 6.45) is 0. The number of ketones is 1. The van der Waals surface area contributed by atoms with Crippen LogP contribution in [0.3, 0.4) is 0 Å². The molecule has 4 aromatic rings. The van der Waals surface area contributed by atoms with E-state index < -0.39 is 5.91 Å².